The third-order valence-electron chi connectivity index (χ3n) is 3.61. The number of benzene rings is 1. The third kappa shape index (κ3) is 3.64. The van der Waals surface area contributed by atoms with Crippen LogP contribution in [0.5, 0.6) is 5.75 Å². The van der Waals surface area contributed by atoms with E-state index in [0.29, 0.717) is 5.92 Å². The van der Waals surface area contributed by atoms with E-state index >= 15 is 0 Å². The van der Waals surface area contributed by atoms with Crippen molar-refractivity contribution in [2.45, 2.75) is 37.3 Å². The van der Waals surface area contributed by atoms with Crippen LogP contribution in [0.15, 0.2) is 24.3 Å². The van der Waals surface area contributed by atoms with Crippen molar-refractivity contribution in [3.8, 4) is 5.75 Å². The summed E-state index contributed by atoms with van der Waals surface area (Å²) in [6.07, 6.45) is -2.44. The van der Waals surface area contributed by atoms with Crippen molar-refractivity contribution >= 4 is 0 Å². The van der Waals surface area contributed by atoms with Crippen molar-refractivity contribution in [1.29, 1.82) is 0 Å². The van der Waals surface area contributed by atoms with Gasteiger partial charge in [-0.2, -0.15) is 0 Å². The summed E-state index contributed by atoms with van der Waals surface area (Å²) in [5, 5.41) is 12.0. The van der Waals surface area contributed by atoms with Crippen LogP contribution in [0.2, 0.25) is 0 Å². The Labute approximate surface area is 111 Å². The summed E-state index contributed by atoms with van der Waals surface area (Å²) < 4.78 is 29.4. The molecule has 19 heavy (non-hydrogen) atoms. The van der Waals surface area contributed by atoms with Crippen LogP contribution in [0.1, 0.15) is 24.3 Å². The fourth-order valence-corrected chi connectivity index (χ4v) is 2.33. The molecule has 1 saturated carbocycles. The molecular weight excluding hydrogens is 252 g/mol. The highest BCUT2D eigenvalue weighted by atomic mass is 19.3. The van der Waals surface area contributed by atoms with Crippen molar-refractivity contribution in [3.05, 3.63) is 29.8 Å². The van der Waals surface area contributed by atoms with Crippen LogP contribution in [0.3, 0.4) is 0 Å². The molecule has 0 radical (unpaired) electrons. The first-order valence-electron chi connectivity index (χ1n) is 6.43. The highest BCUT2D eigenvalue weighted by Gasteiger charge is 2.31. The molecule has 5 heteroatoms. The topological polar surface area (TPSA) is 41.5 Å². The first-order chi connectivity index (χ1) is 9.10. The summed E-state index contributed by atoms with van der Waals surface area (Å²) >= 11 is 0. The maximum Gasteiger partial charge on any atom is 0.265 e. The number of halogens is 2. The van der Waals surface area contributed by atoms with E-state index in [1.807, 2.05) is 18.2 Å². The molecular formula is C14H19F2NO2. The first kappa shape index (κ1) is 14.2. The summed E-state index contributed by atoms with van der Waals surface area (Å²) in [5.41, 5.74) is 1.21. The van der Waals surface area contributed by atoms with Crippen LogP contribution in [-0.4, -0.2) is 37.3 Å². The second kappa shape index (κ2) is 6.30. The summed E-state index contributed by atoms with van der Waals surface area (Å²) in [6.45, 7) is -0.0484. The van der Waals surface area contributed by atoms with Crippen LogP contribution < -0.4 is 10.1 Å². The van der Waals surface area contributed by atoms with Crippen LogP contribution in [0, 0.1) is 0 Å². The van der Waals surface area contributed by atoms with Gasteiger partial charge in [-0.1, -0.05) is 12.1 Å². The van der Waals surface area contributed by atoms with Gasteiger partial charge in [-0.05, 0) is 36.5 Å². The lowest BCUT2D eigenvalue weighted by Crippen LogP contribution is -2.44. The monoisotopic (exact) mass is 271 g/mol. The van der Waals surface area contributed by atoms with Gasteiger partial charge in [0.1, 0.15) is 11.9 Å². The summed E-state index contributed by atoms with van der Waals surface area (Å²) in [7, 11) is 1.63. The van der Waals surface area contributed by atoms with Crippen LogP contribution in [0.4, 0.5) is 8.78 Å². The molecule has 2 rings (SSSR count). The zero-order valence-corrected chi connectivity index (χ0v) is 10.9. The molecule has 1 atom stereocenters. The smallest absolute Gasteiger partial charge is 0.265 e. The molecule has 2 N–H and O–H groups in total. The Balaban J connectivity index is 1.76. The normalized spacial score (nSPS) is 24.1. The third-order valence-corrected chi connectivity index (χ3v) is 3.61. The standard InChI is InChI=1S/C14H19F2NO2/c1-19-12-4-2-3-9(7-12)10-5-11(6-10)17-8-13(18)14(15)16/h2-4,7,10-11,13-14,17-18H,5-6,8H2,1H3. The van der Waals surface area contributed by atoms with E-state index in [9.17, 15) is 8.78 Å². The van der Waals surface area contributed by atoms with E-state index in [2.05, 4.69) is 11.4 Å². The van der Waals surface area contributed by atoms with Gasteiger partial charge < -0.3 is 15.2 Å². The summed E-state index contributed by atoms with van der Waals surface area (Å²) in [6, 6.07) is 8.13. The molecule has 0 heterocycles. The van der Waals surface area contributed by atoms with E-state index in [4.69, 9.17) is 9.84 Å². The quantitative estimate of drug-likeness (QED) is 0.833. The van der Waals surface area contributed by atoms with Crippen molar-refractivity contribution in [2.75, 3.05) is 13.7 Å². The first-order valence-corrected chi connectivity index (χ1v) is 6.43. The maximum atomic E-state index is 12.1. The second-order valence-corrected chi connectivity index (χ2v) is 4.95. The molecule has 1 aromatic carbocycles. The number of aliphatic hydroxyl groups excluding tert-OH is 1. The number of alkyl halides is 2. The number of aliphatic hydroxyl groups is 1. The molecule has 1 aromatic rings. The van der Waals surface area contributed by atoms with Crippen molar-refractivity contribution in [1.82, 2.24) is 5.32 Å². The Hall–Kier alpha value is -1.20. The van der Waals surface area contributed by atoms with Gasteiger partial charge in [0, 0.05) is 12.6 Å². The van der Waals surface area contributed by atoms with Gasteiger partial charge in [0.05, 0.1) is 7.11 Å². The highest BCUT2D eigenvalue weighted by molar-refractivity contribution is 5.32. The predicted octanol–water partition coefficient (Wildman–Crippen LogP) is 2.16. The molecule has 1 aliphatic rings. The molecule has 3 nitrogen and oxygen atoms in total. The lowest BCUT2D eigenvalue weighted by atomic mass is 9.76. The van der Waals surface area contributed by atoms with Crippen LogP contribution >= 0.6 is 0 Å². The van der Waals surface area contributed by atoms with Gasteiger partial charge in [-0.25, -0.2) is 8.78 Å². The minimum atomic E-state index is -2.68. The fraction of sp³-hybridized carbons (Fsp3) is 0.571. The average Bonchev–Trinajstić information content (AvgIpc) is 2.36. The molecule has 0 aromatic heterocycles. The van der Waals surface area contributed by atoms with Crippen LogP contribution in [-0.2, 0) is 0 Å². The zero-order valence-electron chi connectivity index (χ0n) is 10.9. The summed E-state index contributed by atoms with van der Waals surface area (Å²) in [5.74, 6) is 1.28. The average molecular weight is 271 g/mol. The van der Waals surface area contributed by atoms with Gasteiger partial charge >= 0.3 is 0 Å². The van der Waals surface area contributed by atoms with Gasteiger partial charge in [0.2, 0.25) is 0 Å². The van der Waals surface area contributed by atoms with E-state index < -0.39 is 12.5 Å². The highest BCUT2D eigenvalue weighted by Crippen LogP contribution is 2.37. The Morgan fingerprint density at radius 1 is 1.42 bits per heavy atom. The Kier molecular flexibility index (Phi) is 4.71. The molecule has 1 aliphatic carbocycles. The Morgan fingerprint density at radius 3 is 2.79 bits per heavy atom. The molecule has 0 aliphatic heterocycles. The van der Waals surface area contributed by atoms with Crippen molar-refractivity contribution < 1.29 is 18.6 Å². The lowest BCUT2D eigenvalue weighted by molar-refractivity contribution is -0.00634. The summed E-state index contributed by atoms with van der Waals surface area (Å²) in [4.78, 5) is 0. The second-order valence-electron chi connectivity index (χ2n) is 4.95. The van der Waals surface area contributed by atoms with E-state index in [1.54, 1.807) is 7.11 Å². The SMILES string of the molecule is COc1cccc(C2CC(NCC(O)C(F)F)C2)c1. The van der Waals surface area contributed by atoms with Gasteiger partial charge in [-0.15, -0.1) is 0 Å². The lowest BCUT2D eigenvalue weighted by Gasteiger charge is -2.37. The molecule has 0 bridgehead atoms. The number of rotatable bonds is 6. The van der Waals surface area contributed by atoms with E-state index in [1.165, 1.54) is 5.56 Å². The fourth-order valence-electron chi connectivity index (χ4n) is 2.33. The molecule has 1 unspecified atom stereocenters. The number of nitrogens with one attached hydrogen (secondary N) is 1. The van der Waals surface area contributed by atoms with E-state index in [0.717, 1.165) is 18.6 Å². The van der Waals surface area contributed by atoms with E-state index in [-0.39, 0.29) is 12.6 Å². The predicted molar refractivity (Wildman–Crippen MR) is 68.8 cm³/mol. The van der Waals surface area contributed by atoms with Crippen molar-refractivity contribution in [3.63, 3.8) is 0 Å². The molecule has 106 valence electrons. The number of hydrogen-bond acceptors (Lipinski definition) is 3. The van der Waals surface area contributed by atoms with Crippen LogP contribution in [0.25, 0.3) is 0 Å². The Morgan fingerprint density at radius 2 is 2.16 bits per heavy atom. The number of ether oxygens (including phenoxy) is 1. The number of methoxy groups -OCH3 is 1. The van der Waals surface area contributed by atoms with Gasteiger partial charge in [-0.3, -0.25) is 0 Å². The molecule has 1 fully saturated rings. The van der Waals surface area contributed by atoms with Gasteiger partial charge in [0.25, 0.3) is 6.43 Å². The van der Waals surface area contributed by atoms with Gasteiger partial charge in [0.15, 0.2) is 0 Å². The minimum Gasteiger partial charge on any atom is -0.497 e. The van der Waals surface area contributed by atoms with Crippen molar-refractivity contribution in [2.24, 2.45) is 0 Å². The maximum absolute atomic E-state index is 12.1. The molecule has 0 amide bonds. The number of hydrogen-bond donors (Lipinski definition) is 2. The molecule has 0 spiro atoms. The largest absolute Gasteiger partial charge is 0.497 e. The Bertz CT molecular complexity index is 408. The minimum absolute atomic E-state index is 0.0484. The zero-order chi connectivity index (χ0) is 13.8. The molecule has 0 saturated heterocycles.